The molecule has 0 aromatic rings. The van der Waals surface area contributed by atoms with Gasteiger partial charge in [-0.2, -0.15) is 0 Å². The van der Waals surface area contributed by atoms with Crippen LogP contribution >= 0.6 is 0 Å². The van der Waals surface area contributed by atoms with E-state index in [1.807, 2.05) is 0 Å². The minimum Gasteiger partial charge on any atom is -0.394 e. The predicted octanol–water partition coefficient (Wildman–Crippen LogP) is 1.53. The lowest BCUT2D eigenvalue weighted by Gasteiger charge is -2.23. The molecule has 80 valence electrons. The Kier molecular flexibility index (Phi) is 6.29. The predicted molar refractivity (Wildman–Crippen MR) is 52.4 cm³/mol. The average molecular weight is 190 g/mol. The number of rotatable bonds is 7. The number of ether oxygens (including phenoxy) is 1. The fourth-order valence-corrected chi connectivity index (χ4v) is 1.18. The van der Waals surface area contributed by atoms with Crippen LogP contribution in [0.4, 0.5) is 0 Å². The third-order valence-corrected chi connectivity index (χ3v) is 1.93. The highest BCUT2D eigenvalue weighted by atomic mass is 16.6. The Morgan fingerprint density at radius 1 is 1.38 bits per heavy atom. The molecular formula is C10H22O3. The minimum absolute atomic E-state index is 0.0413. The lowest BCUT2D eigenvalue weighted by Crippen LogP contribution is -2.29. The lowest BCUT2D eigenvalue weighted by molar-refractivity contribution is -0.199. The Hall–Kier alpha value is -0.120. The molecule has 2 N–H and O–H groups in total. The number of hydrogen-bond donors (Lipinski definition) is 2. The maximum absolute atomic E-state index is 9.63. The van der Waals surface area contributed by atoms with Crippen molar-refractivity contribution in [3.8, 4) is 0 Å². The molecule has 0 amide bonds. The van der Waals surface area contributed by atoms with E-state index in [1.54, 1.807) is 6.92 Å². The van der Waals surface area contributed by atoms with Crippen LogP contribution in [0.15, 0.2) is 0 Å². The van der Waals surface area contributed by atoms with Gasteiger partial charge in [-0.15, -0.1) is 0 Å². The van der Waals surface area contributed by atoms with Crippen LogP contribution in [0.3, 0.4) is 0 Å². The number of aliphatic hydroxyl groups is 2. The molecule has 1 unspecified atom stereocenters. The molecule has 0 aliphatic carbocycles. The zero-order valence-corrected chi connectivity index (χ0v) is 8.92. The van der Waals surface area contributed by atoms with Crippen molar-refractivity contribution in [1.29, 1.82) is 0 Å². The largest absolute Gasteiger partial charge is 0.394 e. The van der Waals surface area contributed by atoms with Crippen molar-refractivity contribution in [3.63, 3.8) is 0 Å². The third kappa shape index (κ3) is 8.22. The first-order valence-corrected chi connectivity index (χ1v) is 4.95. The SMILES string of the molecule is CC(C)CCCC(C)(O)OCCO. The number of aliphatic hydroxyl groups excluding tert-OH is 1. The van der Waals surface area contributed by atoms with E-state index in [-0.39, 0.29) is 13.2 Å². The molecule has 0 rings (SSSR count). The Morgan fingerprint density at radius 3 is 2.46 bits per heavy atom. The van der Waals surface area contributed by atoms with E-state index in [9.17, 15) is 5.11 Å². The van der Waals surface area contributed by atoms with Crippen LogP contribution in [-0.4, -0.2) is 29.2 Å². The van der Waals surface area contributed by atoms with Crippen molar-refractivity contribution >= 4 is 0 Å². The molecule has 13 heavy (non-hydrogen) atoms. The second-order valence-electron chi connectivity index (χ2n) is 4.03. The van der Waals surface area contributed by atoms with Gasteiger partial charge < -0.3 is 14.9 Å². The van der Waals surface area contributed by atoms with Crippen LogP contribution in [0, 0.1) is 5.92 Å². The molecule has 0 bridgehead atoms. The van der Waals surface area contributed by atoms with E-state index >= 15 is 0 Å². The summed E-state index contributed by atoms with van der Waals surface area (Å²) in [6, 6.07) is 0. The van der Waals surface area contributed by atoms with E-state index in [2.05, 4.69) is 13.8 Å². The van der Waals surface area contributed by atoms with Crippen LogP contribution in [0.25, 0.3) is 0 Å². The first-order chi connectivity index (χ1) is 5.98. The fourth-order valence-electron chi connectivity index (χ4n) is 1.18. The molecular weight excluding hydrogens is 168 g/mol. The molecule has 0 aliphatic heterocycles. The van der Waals surface area contributed by atoms with Gasteiger partial charge in [0, 0.05) is 6.42 Å². The molecule has 0 aromatic heterocycles. The summed E-state index contributed by atoms with van der Waals surface area (Å²) >= 11 is 0. The average Bonchev–Trinajstić information content (AvgIpc) is 2.00. The summed E-state index contributed by atoms with van der Waals surface area (Å²) in [5, 5.41) is 18.1. The molecule has 0 saturated heterocycles. The van der Waals surface area contributed by atoms with Crippen molar-refractivity contribution in [1.82, 2.24) is 0 Å². The van der Waals surface area contributed by atoms with Crippen LogP contribution < -0.4 is 0 Å². The van der Waals surface area contributed by atoms with Crippen molar-refractivity contribution in [2.75, 3.05) is 13.2 Å². The first-order valence-electron chi connectivity index (χ1n) is 4.95. The van der Waals surface area contributed by atoms with Crippen molar-refractivity contribution in [3.05, 3.63) is 0 Å². The normalized spacial score (nSPS) is 16.2. The maximum Gasteiger partial charge on any atom is 0.162 e. The molecule has 3 heteroatoms. The highest BCUT2D eigenvalue weighted by Crippen LogP contribution is 2.17. The monoisotopic (exact) mass is 190 g/mol. The molecule has 0 aliphatic rings. The second kappa shape index (κ2) is 6.35. The van der Waals surface area contributed by atoms with Gasteiger partial charge in [-0.1, -0.05) is 20.3 Å². The first kappa shape index (κ1) is 12.9. The smallest absolute Gasteiger partial charge is 0.162 e. The van der Waals surface area contributed by atoms with Crippen molar-refractivity contribution in [2.45, 2.75) is 45.8 Å². The third-order valence-electron chi connectivity index (χ3n) is 1.93. The molecule has 0 saturated carbocycles. The maximum atomic E-state index is 9.63. The van der Waals surface area contributed by atoms with Crippen LogP contribution in [0.2, 0.25) is 0 Å². The molecule has 0 spiro atoms. The Bertz CT molecular complexity index is 121. The lowest BCUT2D eigenvalue weighted by atomic mass is 10.0. The van der Waals surface area contributed by atoms with E-state index in [0.29, 0.717) is 12.3 Å². The van der Waals surface area contributed by atoms with Crippen LogP contribution in [0.1, 0.15) is 40.0 Å². The second-order valence-corrected chi connectivity index (χ2v) is 4.03. The highest BCUT2D eigenvalue weighted by molar-refractivity contribution is 4.60. The van der Waals surface area contributed by atoms with Gasteiger partial charge in [0.05, 0.1) is 13.2 Å². The van der Waals surface area contributed by atoms with Gasteiger partial charge in [0.25, 0.3) is 0 Å². The van der Waals surface area contributed by atoms with Gasteiger partial charge in [0.2, 0.25) is 0 Å². The van der Waals surface area contributed by atoms with Gasteiger partial charge in [-0.05, 0) is 19.3 Å². The molecule has 0 aromatic carbocycles. The number of hydrogen-bond acceptors (Lipinski definition) is 3. The zero-order chi connectivity index (χ0) is 10.3. The highest BCUT2D eigenvalue weighted by Gasteiger charge is 2.19. The van der Waals surface area contributed by atoms with E-state index < -0.39 is 5.79 Å². The van der Waals surface area contributed by atoms with Gasteiger partial charge in [-0.25, -0.2) is 0 Å². The fraction of sp³-hybridized carbons (Fsp3) is 1.00. The summed E-state index contributed by atoms with van der Waals surface area (Å²) in [5.74, 6) is -0.411. The van der Waals surface area contributed by atoms with E-state index in [0.717, 1.165) is 12.8 Å². The molecule has 1 atom stereocenters. The topological polar surface area (TPSA) is 49.7 Å². The Morgan fingerprint density at radius 2 is 2.00 bits per heavy atom. The minimum atomic E-state index is -1.07. The summed E-state index contributed by atoms with van der Waals surface area (Å²) in [4.78, 5) is 0. The van der Waals surface area contributed by atoms with E-state index in [4.69, 9.17) is 9.84 Å². The summed E-state index contributed by atoms with van der Waals surface area (Å²) in [6.45, 7) is 6.12. The molecule has 0 heterocycles. The summed E-state index contributed by atoms with van der Waals surface area (Å²) < 4.78 is 5.07. The van der Waals surface area contributed by atoms with Gasteiger partial charge in [0.1, 0.15) is 0 Å². The van der Waals surface area contributed by atoms with Crippen LogP contribution in [-0.2, 0) is 4.74 Å². The van der Waals surface area contributed by atoms with Gasteiger partial charge >= 0.3 is 0 Å². The standard InChI is InChI=1S/C10H22O3/c1-9(2)5-4-6-10(3,12)13-8-7-11/h9,11-12H,4-8H2,1-3H3. The van der Waals surface area contributed by atoms with Crippen LogP contribution in [0.5, 0.6) is 0 Å². The Labute approximate surface area is 80.7 Å². The van der Waals surface area contributed by atoms with Gasteiger partial charge in [-0.3, -0.25) is 0 Å². The molecule has 0 radical (unpaired) electrons. The van der Waals surface area contributed by atoms with Crippen molar-refractivity contribution in [2.24, 2.45) is 5.92 Å². The quantitative estimate of drug-likeness (QED) is 0.599. The molecule has 3 nitrogen and oxygen atoms in total. The Balaban J connectivity index is 3.50. The van der Waals surface area contributed by atoms with Crippen molar-refractivity contribution < 1.29 is 14.9 Å². The summed E-state index contributed by atoms with van der Waals surface area (Å²) in [5.41, 5.74) is 0. The van der Waals surface area contributed by atoms with Gasteiger partial charge in [0.15, 0.2) is 5.79 Å². The zero-order valence-electron chi connectivity index (χ0n) is 8.92. The molecule has 0 fully saturated rings. The summed E-state index contributed by atoms with van der Waals surface area (Å²) in [7, 11) is 0. The van der Waals surface area contributed by atoms with E-state index in [1.165, 1.54) is 0 Å². The summed E-state index contributed by atoms with van der Waals surface area (Å²) in [6.07, 6.45) is 2.68.